The summed E-state index contributed by atoms with van der Waals surface area (Å²) in [4.78, 5) is 28.9. The Morgan fingerprint density at radius 3 is 2.32 bits per heavy atom. The number of hydrogen-bond donors (Lipinski definition) is 1. The number of nitrogens with zero attached hydrogens (tertiary/aromatic N) is 2. The predicted molar refractivity (Wildman–Crippen MR) is 108 cm³/mol. The SMILES string of the molecule is Cc1ccc(NC(=O)C(C)N2CCN(C(=O)c3ccc(Cl)cc3)CC2)cc1F. The number of anilines is 1. The van der Waals surface area contributed by atoms with Crippen LogP contribution >= 0.6 is 11.6 Å². The topological polar surface area (TPSA) is 52.7 Å². The predicted octanol–water partition coefficient (Wildman–Crippen LogP) is 3.57. The van der Waals surface area contributed by atoms with Crippen molar-refractivity contribution < 1.29 is 14.0 Å². The van der Waals surface area contributed by atoms with Crippen LogP contribution in [-0.2, 0) is 4.79 Å². The second kappa shape index (κ2) is 8.71. The highest BCUT2D eigenvalue weighted by Crippen LogP contribution is 2.16. The van der Waals surface area contributed by atoms with E-state index in [1.165, 1.54) is 6.07 Å². The summed E-state index contributed by atoms with van der Waals surface area (Å²) >= 11 is 5.87. The number of halogens is 2. The van der Waals surface area contributed by atoms with Gasteiger partial charge in [-0.25, -0.2) is 4.39 Å². The zero-order valence-electron chi connectivity index (χ0n) is 15.9. The summed E-state index contributed by atoms with van der Waals surface area (Å²) in [7, 11) is 0. The lowest BCUT2D eigenvalue weighted by molar-refractivity contribution is -0.121. The zero-order valence-corrected chi connectivity index (χ0v) is 16.7. The summed E-state index contributed by atoms with van der Waals surface area (Å²) in [6.45, 7) is 5.76. The fourth-order valence-electron chi connectivity index (χ4n) is 3.17. The monoisotopic (exact) mass is 403 g/mol. The number of rotatable bonds is 4. The molecule has 3 rings (SSSR count). The normalized spacial score (nSPS) is 15.9. The van der Waals surface area contributed by atoms with Crippen molar-refractivity contribution in [3.8, 4) is 0 Å². The highest BCUT2D eigenvalue weighted by atomic mass is 35.5. The van der Waals surface area contributed by atoms with E-state index in [-0.39, 0.29) is 23.7 Å². The maximum Gasteiger partial charge on any atom is 0.253 e. The first kappa shape index (κ1) is 20.3. The van der Waals surface area contributed by atoms with Gasteiger partial charge in [0.25, 0.3) is 5.91 Å². The number of carbonyl (C=O) groups excluding carboxylic acids is 2. The minimum Gasteiger partial charge on any atom is -0.336 e. The summed E-state index contributed by atoms with van der Waals surface area (Å²) in [6.07, 6.45) is 0. The minimum atomic E-state index is -0.378. The van der Waals surface area contributed by atoms with Crippen LogP contribution in [0.3, 0.4) is 0 Å². The van der Waals surface area contributed by atoms with Gasteiger partial charge in [-0.2, -0.15) is 0 Å². The molecule has 0 aromatic heterocycles. The molecule has 2 amide bonds. The molecule has 0 radical (unpaired) electrons. The second-order valence-electron chi connectivity index (χ2n) is 6.96. The van der Waals surface area contributed by atoms with Gasteiger partial charge in [0.15, 0.2) is 0 Å². The lowest BCUT2D eigenvalue weighted by Gasteiger charge is -2.37. The second-order valence-corrected chi connectivity index (χ2v) is 7.40. The van der Waals surface area contributed by atoms with E-state index >= 15 is 0 Å². The number of aryl methyl sites for hydroxylation is 1. The Balaban J connectivity index is 1.54. The van der Waals surface area contributed by atoms with Gasteiger partial charge in [-0.1, -0.05) is 17.7 Å². The molecule has 1 saturated heterocycles. The van der Waals surface area contributed by atoms with Gasteiger partial charge in [0, 0.05) is 42.5 Å². The molecule has 28 heavy (non-hydrogen) atoms. The third-order valence-electron chi connectivity index (χ3n) is 5.06. The molecule has 148 valence electrons. The molecule has 1 fully saturated rings. The van der Waals surface area contributed by atoms with Crippen molar-refractivity contribution in [1.29, 1.82) is 0 Å². The van der Waals surface area contributed by atoms with Crippen LogP contribution in [-0.4, -0.2) is 53.8 Å². The first-order valence-electron chi connectivity index (χ1n) is 9.21. The lowest BCUT2D eigenvalue weighted by atomic mass is 10.1. The van der Waals surface area contributed by atoms with E-state index < -0.39 is 0 Å². The molecule has 1 aliphatic heterocycles. The lowest BCUT2D eigenvalue weighted by Crippen LogP contribution is -2.54. The van der Waals surface area contributed by atoms with Crippen molar-refractivity contribution in [2.75, 3.05) is 31.5 Å². The van der Waals surface area contributed by atoms with Gasteiger partial charge in [-0.15, -0.1) is 0 Å². The molecule has 0 aliphatic carbocycles. The van der Waals surface area contributed by atoms with E-state index in [2.05, 4.69) is 5.32 Å². The highest BCUT2D eigenvalue weighted by Gasteiger charge is 2.28. The van der Waals surface area contributed by atoms with Crippen LogP contribution in [0.15, 0.2) is 42.5 Å². The van der Waals surface area contributed by atoms with E-state index in [9.17, 15) is 14.0 Å². The molecule has 5 nitrogen and oxygen atoms in total. The van der Waals surface area contributed by atoms with Crippen LogP contribution in [0.1, 0.15) is 22.8 Å². The van der Waals surface area contributed by atoms with Crippen LogP contribution in [0.2, 0.25) is 5.02 Å². The van der Waals surface area contributed by atoms with Crippen LogP contribution in [0.25, 0.3) is 0 Å². The van der Waals surface area contributed by atoms with Crippen molar-refractivity contribution in [3.05, 3.63) is 64.4 Å². The standard InChI is InChI=1S/C21H23ClFN3O2/c1-14-3-8-18(13-19(14)23)24-20(27)15(2)25-9-11-26(12-10-25)21(28)16-4-6-17(22)7-5-16/h3-8,13,15H,9-12H2,1-2H3,(H,24,27). The third kappa shape index (κ3) is 4.69. The molecule has 2 aromatic rings. The van der Waals surface area contributed by atoms with Crippen LogP contribution in [0.5, 0.6) is 0 Å². The molecule has 1 heterocycles. The van der Waals surface area contributed by atoms with Crippen LogP contribution < -0.4 is 5.32 Å². The number of carbonyl (C=O) groups is 2. The third-order valence-corrected chi connectivity index (χ3v) is 5.31. The summed E-state index contributed by atoms with van der Waals surface area (Å²) in [5, 5.41) is 3.35. The molecule has 1 atom stereocenters. The van der Waals surface area contributed by atoms with E-state index in [0.717, 1.165) is 0 Å². The van der Waals surface area contributed by atoms with Crippen molar-refractivity contribution in [3.63, 3.8) is 0 Å². The number of benzene rings is 2. The van der Waals surface area contributed by atoms with Gasteiger partial charge in [-0.3, -0.25) is 14.5 Å². The summed E-state index contributed by atoms with van der Waals surface area (Å²) < 4.78 is 13.7. The maximum absolute atomic E-state index is 13.7. The largest absolute Gasteiger partial charge is 0.336 e. The van der Waals surface area contributed by atoms with Crippen molar-refractivity contribution in [2.24, 2.45) is 0 Å². The number of amides is 2. The quantitative estimate of drug-likeness (QED) is 0.849. The molecule has 0 spiro atoms. The van der Waals surface area contributed by atoms with Crippen LogP contribution in [0.4, 0.5) is 10.1 Å². The smallest absolute Gasteiger partial charge is 0.253 e. The molecular formula is C21H23ClFN3O2. The highest BCUT2D eigenvalue weighted by molar-refractivity contribution is 6.30. The van der Waals surface area contributed by atoms with E-state index in [1.807, 2.05) is 11.8 Å². The molecule has 2 aromatic carbocycles. The summed E-state index contributed by atoms with van der Waals surface area (Å²) in [5.41, 5.74) is 1.58. The van der Waals surface area contributed by atoms with Crippen molar-refractivity contribution >= 4 is 29.1 Å². The Bertz CT molecular complexity index is 864. The maximum atomic E-state index is 13.7. The summed E-state index contributed by atoms with van der Waals surface area (Å²) in [5.74, 6) is -0.580. The number of hydrogen-bond acceptors (Lipinski definition) is 3. The molecule has 1 unspecified atom stereocenters. The molecule has 0 saturated carbocycles. The molecular weight excluding hydrogens is 381 g/mol. The van der Waals surface area contributed by atoms with Gasteiger partial charge in [0.1, 0.15) is 5.82 Å². The Labute approximate surface area is 169 Å². The first-order valence-corrected chi connectivity index (χ1v) is 9.59. The Hall–Kier alpha value is -2.44. The average molecular weight is 404 g/mol. The van der Waals surface area contributed by atoms with Gasteiger partial charge in [-0.05, 0) is 55.8 Å². The fourth-order valence-corrected chi connectivity index (χ4v) is 3.30. The van der Waals surface area contributed by atoms with Gasteiger partial charge >= 0.3 is 0 Å². The van der Waals surface area contributed by atoms with E-state index in [0.29, 0.717) is 48.0 Å². The average Bonchev–Trinajstić information content (AvgIpc) is 2.70. The molecule has 1 N–H and O–H groups in total. The molecule has 0 bridgehead atoms. The Morgan fingerprint density at radius 2 is 1.71 bits per heavy atom. The number of nitrogens with one attached hydrogen (secondary N) is 1. The van der Waals surface area contributed by atoms with Gasteiger partial charge in [0.2, 0.25) is 5.91 Å². The number of piperazine rings is 1. The van der Waals surface area contributed by atoms with Crippen molar-refractivity contribution in [2.45, 2.75) is 19.9 Å². The van der Waals surface area contributed by atoms with E-state index in [4.69, 9.17) is 11.6 Å². The van der Waals surface area contributed by atoms with Crippen molar-refractivity contribution in [1.82, 2.24) is 9.80 Å². The van der Waals surface area contributed by atoms with Gasteiger partial charge in [0.05, 0.1) is 6.04 Å². The summed E-state index contributed by atoms with van der Waals surface area (Å²) in [6, 6.07) is 11.1. The molecule has 7 heteroatoms. The Morgan fingerprint density at radius 1 is 1.07 bits per heavy atom. The van der Waals surface area contributed by atoms with E-state index in [1.54, 1.807) is 48.2 Å². The van der Waals surface area contributed by atoms with Crippen LogP contribution in [0, 0.1) is 12.7 Å². The Kier molecular flexibility index (Phi) is 6.31. The fraction of sp³-hybridized carbons (Fsp3) is 0.333. The minimum absolute atomic E-state index is 0.0384. The zero-order chi connectivity index (χ0) is 20.3. The first-order chi connectivity index (χ1) is 13.3. The van der Waals surface area contributed by atoms with Gasteiger partial charge < -0.3 is 10.2 Å². The molecule has 1 aliphatic rings.